The summed E-state index contributed by atoms with van der Waals surface area (Å²) in [6.45, 7) is 9.27. The van der Waals surface area contributed by atoms with Crippen molar-refractivity contribution in [2.75, 3.05) is 13.2 Å². The Hall–Kier alpha value is -1.39. The molecule has 2 aromatic carbocycles. The van der Waals surface area contributed by atoms with E-state index in [2.05, 4.69) is 0 Å². The number of sulfone groups is 1. The van der Waals surface area contributed by atoms with E-state index in [4.69, 9.17) is 16.0 Å². The summed E-state index contributed by atoms with van der Waals surface area (Å²) in [5.74, 6) is -5.18. The first-order chi connectivity index (χ1) is 15.1. The lowest BCUT2D eigenvalue weighted by Crippen LogP contribution is -2.43. The first kappa shape index (κ1) is 27.8. The molecular formula is C23H30ClF3O4SSi. The van der Waals surface area contributed by atoms with Gasteiger partial charge in [0.15, 0.2) is 29.8 Å². The van der Waals surface area contributed by atoms with Gasteiger partial charge in [-0.1, -0.05) is 32.4 Å². The van der Waals surface area contributed by atoms with Gasteiger partial charge in [-0.25, -0.2) is 21.6 Å². The molecule has 0 spiro atoms. The fraction of sp³-hybridized carbons (Fsp3) is 0.478. The van der Waals surface area contributed by atoms with E-state index in [1.54, 1.807) is 0 Å². The van der Waals surface area contributed by atoms with Crippen LogP contribution in [0.1, 0.15) is 38.0 Å². The third-order valence-corrected chi connectivity index (χ3v) is 13.2. The maximum Gasteiger partial charge on any atom is 0.191 e. The molecule has 0 aromatic heterocycles. The summed E-state index contributed by atoms with van der Waals surface area (Å²) in [6.07, 6.45) is -0.124. The maximum absolute atomic E-state index is 14.9. The van der Waals surface area contributed by atoms with Crippen molar-refractivity contribution >= 4 is 29.8 Å². The summed E-state index contributed by atoms with van der Waals surface area (Å²) >= 11 is 5.87. The molecule has 0 heterocycles. The Labute approximate surface area is 199 Å². The number of hydrogen-bond donors (Lipinski definition) is 1. The van der Waals surface area contributed by atoms with Crippen LogP contribution in [-0.4, -0.2) is 35.1 Å². The molecule has 10 heteroatoms. The molecule has 1 N–H and O–H groups in total. The zero-order valence-corrected chi connectivity index (χ0v) is 21.9. The van der Waals surface area contributed by atoms with Crippen LogP contribution in [0.25, 0.3) is 0 Å². The Morgan fingerprint density at radius 2 is 1.58 bits per heavy atom. The third-order valence-electron chi connectivity index (χ3n) is 6.23. The van der Waals surface area contributed by atoms with Crippen molar-refractivity contribution in [3.63, 3.8) is 0 Å². The SMILES string of the molecule is CC(C)(C)[Si](C)(C)OCC(CCO)C(c1c(F)ccc(F)c1F)S(=O)(=O)c1ccc(Cl)cc1. The molecule has 184 valence electrons. The second-order valence-electron chi connectivity index (χ2n) is 9.52. The quantitative estimate of drug-likeness (QED) is 0.310. The van der Waals surface area contributed by atoms with Gasteiger partial charge in [0.25, 0.3) is 0 Å². The molecule has 0 aliphatic carbocycles. The minimum absolute atomic E-state index is 0.124. The summed E-state index contributed by atoms with van der Waals surface area (Å²) in [5, 5.41) is 7.91. The van der Waals surface area contributed by atoms with Crippen LogP contribution in [0.15, 0.2) is 41.3 Å². The zero-order chi connectivity index (χ0) is 25.2. The molecule has 0 radical (unpaired) electrons. The van der Waals surface area contributed by atoms with Crippen molar-refractivity contribution in [3.05, 3.63) is 64.4 Å². The molecule has 33 heavy (non-hydrogen) atoms. The van der Waals surface area contributed by atoms with Crippen LogP contribution < -0.4 is 0 Å². The zero-order valence-electron chi connectivity index (χ0n) is 19.3. The number of hydrogen-bond acceptors (Lipinski definition) is 4. The normalized spacial score (nSPS) is 14.8. The topological polar surface area (TPSA) is 63.6 Å². The molecule has 2 rings (SSSR count). The van der Waals surface area contributed by atoms with E-state index in [9.17, 15) is 26.7 Å². The van der Waals surface area contributed by atoms with Crippen molar-refractivity contribution in [3.8, 4) is 0 Å². The highest BCUT2D eigenvalue weighted by atomic mass is 35.5. The lowest BCUT2D eigenvalue weighted by atomic mass is 9.95. The fourth-order valence-electron chi connectivity index (χ4n) is 3.24. The van der Waals surface area contributed by atoms with Gasteiger partial charge in [-0.3, -0.25) is 0 Å². The van der Waals surface area contributed by atoms with Gasteiger partial charge < -0.3 is 9.53 Å². The molecule has 2 aromatic rings. The molecule has 0 saturated carbocycles. The van der Waals surface area contributed by atoms with Gasteiger partial charge in [0.2, 0.25) is 0 Å². The Balaban J connectivity index is 2.69. The largest absolute Gasteiger partial charge is 0.416 e. The molecule has 0 bridgehead atoms. The van der Waals surface area contributed by atoms with Crippen LogP contribution >= 0.6 is 11.6 Å². The Bertz CT molecular complexity index is 1070. The first-order valence-corrected chi connectivity index (χ1v) is 15.3. The predicted octanol–water partition coefficient (Wildman–Crippen LogP) is 6.29. The van der Waals surface area contributed by atoms with Crippen molar-refractivity contribution < 1.29 is 31.1 Å². The highest BCUT2D eigenvalue weighted by Crippen LogP contribution is 2.42. The fourth-order valence-corrected chi connectivity index (χ4v) is 6.48. The van der Waals surface area contributed by atoms with Gasteiger partial charge in [0, 0.05) is 29.7 Å². The second kappa shape index (κ2) is 10.5. The smallest absolute Gasteiger partial charge is 0.191 e. The number of aliphatic hydroxyl groups excluding tert-OH is 1. The van der Waals surface area contributed by atoms with Gasteiger partial charge in [-0.05, 0) is 61.0 Å². The van der Waals surface area contributed by atoms with E-state index >= 15 is 0 Å². The van der Waals surface area contributed by atoms with Crippen LogP contribution in [0, 0.1) is 23.4 Å². The van der Waals surface area contributed by atoms with Crippen molar-refractivity contribution in [1.82, 2.24) is 0 Å². The van der Waals surface area contributed by atoms with Crippen molar-refractivity contribution in [1.29, 1.82) is 0 Å². The minimum atomic E-state index is -4.44. The minimum Gasteiger partial charge on any atom is -0.416 e. The summed E-state index contributed by atoms with van der Waals surface area (Å²) in [6, 6.07) is 6.44. The van der Waals surface area contributed by atoms with Crippen LogP contribution in [0.4, 0.5) is 13.2 Å². The van der Waals surface area contributed by atoms with Gasteiger partial charge in [-0.15, -0.1) is 0 Å². The summed E-state index contributed by atoms with van der Waals surface area (Å²) in [5.41, 5.74) is -0.901. The molecule has 0 fully saturated rings. The lowest BCUT2D eigenvalue weighted by molar-refractivity contribution is 0.180. The van der Waals surface area contributed by atoms with Crippen molar-refractivity contribution in [2.45, 2.75) is 55.5 Å². The van der Waals surface area contributed by atoms with E-state index < -0.39 is 58.9 Å². The van der Waals surface area contributed by atoms with Crippen LogP contribution in [0.2, 0.25) is 23.2 Å². The van der Waals surface area contributed by atoms with Crippen LogP contribution in [0.3, 0.4) is 0 Å². The maximum atomic E-state index is 14.9. The molecule has 0 amide bonds. The molecule has 0 saturated heterocycles. The van der Waals surface area contributed by atoms with E-state index in [-0.39, 0.29) is 28.0 Å². The Kier molecular flexibility index (Phi) is 8.84. The average molecular weight is 523 g/mol. The molecule has 0 aliphatic heterocycles. The standard InChI is InChI=1S/C23H30ClF3O4SSi/c1-23(2,3)33(4,5)31-14-15(12-13-28)22(20-18(25)10-11-19(26)21(20)27)32(29,30)17-8-6-16(24)7-9-17/h6-11,15,22,28H,12-14H2,1-5H3. The van der Waals surface area contributed by atoms with Crippen molar-refractivity contribution in [2.24, 2.45) is 5.92 Å². The van der Waals surface area contributed by atoms with E-state index in [0.29, 0.717) is 12.1 Å². The number of rotatable bonds is 9. The van der Waals surface area contributed by atoms with E-state index in [1.165, 1.54) is 24.3 Å². The van der Waals surface area contributed by atoms with E-state index in [1.807, 2.05) is 33.9 Å². The second-order valence-corrected chi connectivity index (χ2v) is 16.8. The molecule has 2 unspecified atom stereocenters. The predicted molar refractivity (Wildman–Crippen MR) is 126 cm³/mol. The summed E-state index contributed by atoms with van der Waals surface area (Å²) in [4.78, 5) is -0.227. The van der Waals surface area contributed by atoms with Gasteiger partial charge in [-0.2, -0.15) is 0 Å². The van der Waals surface area contributed by atoms with Gasteiger partial charge >= 0.3 is 0 Å². The number of aliphatic hydroxyl groups is 1. The Morgan fingerprint density at radius 3 is 2.09 bits per heavy atom. The Morgan fingerprint density at radius 1 is 1.03 bits per heavy atom. The number of benzene rings is 2. The highest BCUT2D eigenvalue weighted by molar-refractivity contribution is 7.91. The third kappa shape index (κ3) is 6.19. The molecule has 4 nitrogen and oxygen atoms in total. The monoisotopic (exact) mass is 522 g/mol. The average Bonchev–Trinajstić information content (AvgIpc) is 2.71. The van der Waals surface area contributed by atoms with Crippen LogP contribution in [-0.2, 0) is 14.3 Å². The first-order valence-electron chi connectivity index (χ1n) is 10.5. The molecule has 2 atom stereocenters. The highest BCUT2D eigenvalue weighted by Gasteiger charge is 2.43. The summed E-state index contributed by atoms with van der Waals surface area (Å²) < 4.78 is 77.4. The lowest BCUT2D eigenvalue weighted by Gasteiger charge is -2.38. The number of halogens is 4. The van der Waals surface area contributed by atoms with Gasteiger partial charge in [0.05, 0.1) is 4.90 Å². The molecular weight excluding hydrogens is 493 g/mol. The van der Waals surface area contributed by atoms with Gasteiger partial charge in [0.1, 0.15) is 11.1 Å². The molecule has 0 aliphatic rings. The van der Waals surface area contributed by atoms with Crippen LogP contribution in [0.5, 0.6) is 0 Å². The van der Waals surface area contributed by atoms with E-state index in [0.717, 1.165) is 0 Å². The summed E-state index contributed by atoms with van der Waals surface area (Å²) in [7, 11) is -6.82.